The van der Waals surface area contributed by atoms with Crippen LogP contribution in [-0.4, -0.2) is 25.8 Å². The summed E-state index contributed by atoms with van der Waals surface area (Å²) < 4.78 is 13.1. The predicted molar refractivity (Wildman–Crippen MR) is 131 cm³/mol. The Morgan fingerprint density at radius 1 is 0.971 bits per heavy atom. The van der Waals surface area contributed by atoms with Gasteiger partial charge in [-0.1, -0.05) is 25.1 Å². The lowest BCUT2D eigenvalue weighted by Gasteiger charge is -2.08. The number of anilines is 1. The van der Waals surface area contributed by atoms with Crippen LogP contribution in [0.25, 0.3) is 33.5 Å². The third kappa shape index (κ3) is 4.28. The molecule has 0 aliphatic rings. The van der Waals surface area contributed by atoms with Gasteiger partial charge in [-0.15, -0.1) is 0 Å². The van der Waals surface area contributed by atoms with Gasteiger partial charge in [0.2, 0.25) is 5.91 Å². The molecule has 5 rings (SSSR count). The lowest BCUT2D eigenvalue weighted by atomic mass is 10.0. The summed E-state index contributed by atoms with van der Waals surface area (Å²) in [4.78, 5) is 29.6. The van der Waals surface area contributed by atoms with E-state index in [2.05, 4.69) is 32.2 Å². The molecule has 34 heavy (non-hydrogen) atoms. The first-order valence-electron chi connectivity index (χ1n) is 11.0. The van der Waals surface area contributed by atoms with Crippen molar-refractivity contribution in [3.8, 4) is 22.5 Å². The van der Waals surface area contributed by atoms with Crippen molar-refractivity contribution in [3.63, 3.8) is 0 Å². The molecule has 168 valence electrons. The first kappa shape index (κ1) is 21.5. The van der Waals surface area contributed by atoms with Gasteiger partial charge in [-0.3, -0.25) is 14.8 Å². The number of halogens is 1. The summed E-state index contributed by atoms with van der Waals surface area (Å²) in [7, 11) is 0. The monoisotopic (exact) mass is 451 g/mol. The number of benzene rings is 1. The normalized spacial score (nSPS) is 11.0. The lowest BCUT2D eigenvalue weighted by molar-refractivity contribution is -0.115. The van der Waals surface area contributed by atoms with E-state index in [1.807, 2.05) is 42.6 Å². The fourth-order valence-corrected chi connectivity index (χ4v) is 4.04. The van der Waals surface area contributed by atoms with Crippen LogP contribution in [0.5, 0.6) is 0 Å². The molecule has 0 radical (unpaired) electrons. The number of hydrogen-bond donors (Lipinski definition) is 2. The summed E-state index contributed by atoms with van der Waals surface area (Å²) in [5, 5.41) is 2.84. The Balaban J connectivity index is 1.52. The van der Waals surface area contributed by atoms with Gasteiger partial charge in [-0.25, -0.2) is 9.37 Å². The molecule has 0 saturated carbocycles. The highest BCUT2D eigenvalue weighted by Crippen LogP contribution is 2.37. The molecule has 1 amide bonds. The molecular weight excluding hydrogens is 429 g/mol. The predicted octanol–water partition coefficient (Wildman–Crippen LogP) is 5.57. The molecule has 6 nitrogen and oxygen atoms in total. The van der Waals surface area contributed by atoms with Gasteiger partial charge in [-0.05, 0) is 60.0 Å². The van der Waals surface area contributed by atoms with Crippen molar-refractivity contribution in [2.45, 2.75) is 19.8 Å². The SMILES string of the molecule is CCc1ccnc2c(-c3ccccn3)c(-c3ccnc(NC(=O)Cc4ccc(F)cc4)c3)[nH]c12. The summed E-state index contributed by atoms with van der Waals surface area (Å²) in [5.41, 5.74) is 7.14. The van der Waals surface area contributed by atoms with Crippen LogP contribution in [0.1, 0.15) is 18.1 Å². The number of aromatic amines is 1. The summed E-state index contributed by atoms with van der Waals surface area (Å²) >= 11 is 0. The van der Waals surface area contributed by atoms with Crippen LogP contribution < -0.4 is 5.32 Å². The van der Waals surface area contributed by atoms with E-state index in [0.717, 1.165) is 51.1 Å². The minimum atomic E-state index is -0.332. The number of hydrogen-bond acceptors (Lipinski definition) is 4. The average Bonchev–Trinajstić information content (AvgIpc) is 3.26. The molecule has 5 aromatic rings. The molecule has 0 aliphatic heterocycles. The van der Waals surface area contributed by atoms with Gasteiger partial charge in [-0.2, -0.15) is 0 Å². The van der Waals surface area contributed by atoms with Crippen molar-refractivity contribution >= 4 is 22.8 Å². The molecular formula is C27H22FN5O. The number of H-pyrrole nitrogens is 1. The second-order valence-electron chi connectivity index (χ2n) is 7.92. The van der Waals surface area contributed by atoms with Gasteiger partial charge >= 0.3 is 0 Å². The highest BCUT2D eigenvalue weighted by Gasteiger charge is 2.19. The number of rotatable bonds is 6. The molecule has 0 atom stereocenters. The Hall–Kier alpha value is -4.39. The molecule has 0 unspecified atom stereocenters. The topological polar surface area (TPSA) is 83.6 Å². The van der Waals surface area contributed by atoms with Crippen molar-refractivity contribution in [2.75, 3.05) is 5.32 Å². The molecule has 2 N–H and O–H groups in total. The molecule has 0 aliphatic carbocycles. The van der Waals surface area contributed by atoms with E-state index in [0.29, 0.717) is 5.82 Å². The Kier molecular flexibility index (Phi) is 5.82. The summed E-state index contributed by atoms with van der Waals surface area (Å²) in [6, 6.07) is 17.4. The zero-order chi connectivity index (χ0) is 23.5. The Labute approximate surface area is 195 Å². The maximum absolute atomic E-state index is 13.1. The molecule has 0 spiro atoms. The third-order valence-corrected chi connectivity index (χ3v) is 5.67. The van der Waals surface area contributed by atoms with Crippen LogP contribution in [0.4, 0.5) is 10.2 Å². The number of pyridine rings is 3. The highest BCUT2D eigenvalue weighted by molar-refractivity contribution is 6.02. The smallest absolute Gasteiger partial charge is 0.229 e. The summed E-state index contributed by atoms with van der Waals surface area (Å²) in [6.07, 6.45) is 6.22. The largest absolute Gasteiger partial charge is 0.352 e. The number of carbonyl (C=O) groups excluding carboxylic acids is 1. The van der Waals surface area contributed by atoms with Crippen LogP contribution in [0.15, 0.2) is 79.3 Å². The third-order valence-electron chi connectivity index (χ3n) is 5.67. The molecule has 0 fully saturated rings. The average molecular weight is 452 g/mol. The fourth-order valence-electron chi connectivity index (χ4n) is 4.04. The lowest BCUT2D eigenvalue weighted by Crippen LogP contribution is -2.15. The second kappa shape index (κ2) is 9.23. The van der Waals surface area contributed by atoms with Crippen LogP contribution in [-0.2, 0) is 17.6 Å². The van der Waals surface area contributed by atoms with Crippen molar-refractivity contribution < 1.29 is 9.18 Å². The van der Waals surface area contributed by atoms with Gasteiger partial charge in [0.15, 0.2) is 0 Å². The minimum Gasteiger partial charge on any atom is -0.352 e. The molecule has 4 aromatic heterocycles. The summed E-state index contributed by atoms with van der Waals surface area (Å²) in [6.45, 7) is 2.11. The Bertz CT molecular complexity index is 1460. The zero-order valence-electron chi connectivity index (χ0n) is 18.5. The van der Waals surface area contributed by atoms with Gasteiger partial charge in [0.05, 0.1) is 34.4 Å². The number of carbonyl (C=O) groups is 1. The van der Waals surface area contributed by atoms with Crippen LogP contribution >= 0.6 is 0 Å². The van der Waals surface area contributed by atoms with Crippen LogP contribution in [0, 0.1) is 5.82 Å². The number of nitrogens with zero attached hydrogens (tertiary/aromatic N) is 3. The van der Waals surface area contributed by atoms with E-state index in [4.69, 9.17) is 0 Å². The number of aryl methyl sites for hydroxylation is 1. The van der Waals surface area contributed by atoms with E-state index in [-0.39, 0.29) is 18.1 Å². The molecule has 7 heteroatoms. The van der Waals surface area contributed by atoms with E-state index in [9.17, 15) is 9.18 Å². The van der Waals surface area contributed by atoms with E-state index in [1.54, 1.807) is 24.5 Å². The highest BCUT2D eigenvalue weighted by atomic mass is 19.1. The van der Waals surface area contributed by atoms with E-state index >= 15 is 0 Å². The molecule has 4 heterocycles. The quantitative estimate of drug-likeness (QED) is 0.354. The first-order valence-corrected chi connectivity index (χ1v) is 11.0. The van der Waals surface area contributed by atoms with Gasteiger partial charge in [0, 0.05) is 24.2 Å². The number of nitrogens with one attached hydrogen (secondary N) is 2. The van der Waals surface area contributed by atoms with Crippen molar-refractivity contribution in [2.24, 2.45) is 0 Å². The van der Waals surface area contributed by atoms with Crippen molar-refractivity contribution in [3.05, 3.63) is 96.2 Å². The minimum absolute atomic E-state index is 0.127. The van der Waals surface area contributed by atoms with Crippen molar-refractivity contribution in [1.29, 1.82) is 0 Å². The Morgan fingerprint density at radius 3 is 2.56 bits per heavy atom. The van der Waals surface area contributed by atoms with Gasteiger partial charge < -0.3 is 10.3 Å². The molecule has 1 aromatic carbocycles. The zero-order valence-corrected chi connectivity index (χ0v) is 18.5. The number of fused-ring (bicyclic) bond motifs is 1. The van der Waals surface area contributed by atoms with Crippen LogP contribution in [0.2, 0.25) is 0 Å². The van der Waals surface area contributed by atoms with Crippen LogP contribution in [0.3, 0.4) is 0 Å². The number of amides is 1. The molecule has 0 bridgehead atoms. The maximum Gasteiger partial charge on any atom is 0.229 e. The standard InChI is InChI=1S/C27H22FN5O/c1-2-18-10-14-31-27-24(21-5-3-4-12-29-21)25(33-26(18)27)19-11-13-30-22(16-19)32-23(34)15-17-6-8-20(28)9-7-17/h3-14,16,33H,2,15H2,1H3,(H,30,32,34). The Morgan fingerprint density at radius 2 is 1.79 bits per heavy atom. The van der Waals surface area contributed by atoms with Crippen molar-refractivity contribution in [1.82, 2.24) is 19.9 Å². The summed E-state index contributed by atoms with van der Waals surface area (Å²) in [5.74, 6) is -0.131. The second-order valence-corrected chi connectivity index (χ2v) is 7.92. The van der Waals surface area contributed by atoms with Gasteiger partial charge in [0.25, 0.3) is 0 Å². The number of aromatic nitrogens is 4. The maximum atomic E-state index is 13.1. The molecule has 0 saturated heterocycles. The first-order chi connectivity index (χ1) is 16.6. The fraction of sp³-hybridized carbons (Fsp3) is 0.111. The van der Waals surface area contributed by atoms with E-state index < -0.39 is 0 Å². The van der Waals surface area contributed by atoms with Gasteiger partial charge in [0.1, 0.15) is 11.6 Å². The van der Waals surface area contributed by atoms with E-state index in [1.165, 1.54) is 12.1 Å².